The van der Waals surface area contributed by atoms with Crippen molar-refractivity contribution in [1.29, 1.82) is 0 Å². The fourth-order valence-electron chi connectivity index (χ4n) is 2.72. The van der Waals surface area contributed by atoms with Gasteiger partial charge in [-0.15, -0.1) is 0 Å². The predicted molar refractivity (Wildman–Crippen MR) is 115 cm³/mol. The number of imidazole rings is 1. The number of nitrogens with one attached hydrogen (secondary N) is 1. The third kappa shape index (κ3) is 4.78. The van der Waals surface area contributed by atoms with Crippen molar-refractivity contribution in [3.8, 4) is 0 Å². The second-order valence-electron chi connectivity index (χ2n) is 6.76. The molecule has 0 bridgehead atoms. The Bertz CT molecular complexity index is 971. The molecule has 27 heavy (non-hydrogen) atoms. The van der Waals surface area contributed by atoms with Gasteiger partial charge in [0.25, 0.3) is 0 Å². The molecule has 2 aromatic carbocycles. The van der Waals surface area contributed by atoms with E-state index < -0.39 is 0 Å². The number of thioether (sulfide) groups is 1. The molecule has 1 amide bonds. The van der Waals surface area contributed by atoms with Crippen molar-refractivity contribution in [3.05, 3.63) is 52.5 Å². The van der Waals surface area contributed by atoms with Gasteiger partial charge in [0.05, 0.1) is 27.0 Å². The van der Waals surface area contributed by atoms with E-state index in [1.807, 2.05) is 25.1 Å². The number of hydrogen-bond donors (Lipinski definition) is 1. The molecular formula is C20H21Cl2N3OS. The Balaban J connectivity index is 1.80. The molecule has 0 saturated carbocycles. The molecule has 0 aliphatic carbocycles. The van der Waals surface area contributed by atoms with Crippen LogP contribution in [-0.2, 0) is 11.3 Å². The Morgan fingerprint density at radius 3 is 2.63 bits per heavy atom. The van der Waals surface area contributed by atoms with Crippen LogP contribution in [0, 0.1) is 5.92 Å². The van der Waals surface area contributed by atoms with E-state index in [1.54, 1.807) is 18.2 Å². The summed E-state index contributed by atoms with van der Waals surface area (Å²) in [6, 6.07) is 13.0. The number of benzene rings is 2. The van der Waals surface area contributed by atoms with Crippen LogP contribution < -0.4 is 5.32 Å². The maximum atomic E-state index is 12.6. The summed E-state index contributed by atoms with van der Waals surface area (Å²) in [5.41, 5.74) is 2.57. The minimum absolute atomic E-state index is 0.132. The largest absolute Gasteiger partial charge is 0.324 e. The number of carbonyl (C=O) groups excluding carboxylic acids is 1. The molecule has 0 fully saturated rings. The van der Waals surface area contributed by atoms with Crippen molar-refractivity contribution in [1.82, 2.24) is 9.55 Å². The zero-order chi connectivity index (χ0) is 19.6. The van der Waals surface area contributed by atoms with Crippen LogP contribution in [0.5, 0.6) is 0 Å². The normalized spacial score (nSPS) is 12.5. The lowest BCUT2D eigenvalue weighted by Gasteiger charge is -2.15. The lowest BCUT2D eigenvalue weighted by atomic mass is 10.2. The maximum absolute atomic E-state index is 12.6. The van der Waals surface area contributed by atoms with Gasteiger partial charge in [0, 0.05) is 11.6 Å². The van der Waals surface area contributed by atoms with Crippen molar-refractivity contribution in [2.75, 3.05) is 5.32 Å². The highest BCUT2D eigenvalue weighted by Gasteiger charge is 2.20. The van der Waals surface area contributed by atoms with Crippen molar-refractivity contribution in [3.63, 3.8) is 0 Å². The number of carbonyl (C=O) groups is 1. The number of rotatable bonds is 6. The number of amides is 1. The molecule has 1 heterocycles. The molecule has 0 radical (unpaired) electrons. The molecule has 142 valence electrons. The van der Waals surface area contributed by atoms with Gasteiger partial charge in [-0.25, -0.2) is 4.98 Å². The van der Waals surface area contributed by atoms with E-state index in [-0.39, 0.29) is 11.2 Å². The van der Waals surface area contributed by atoms with E-state index in [4.69, 9.17) is 28.2 Å². The average Bonchev–Trinajstić information content (AvgIpc) is 2.94. The number of hydrogen-bond acceptors (Lipinski definition) is 3. The molecule has 0 aliphatic heterocycles. The third-order valence-corrected chi connectivity index (χ3v) is 5.65. The summed E-state index contributed by atoms with van der Waals surface area (Å²) in [5.74, 6) is 0.339. The van der Waals surface area contributed by atoms with Gasteiger partial charge in [-0.3, -0.25) is 4.79 Å². The third-order valence-electron chi connectivity index (χ3n) is 4.01. The second-order valence-corrected chi connectivity index (χ2v) is 8.91. The van der Waals surface area contributed by atoms with E-state index >= 15 is 0 Å². The van der Waals surface area contributed by atoms with Crippen LogP contribution in [0.4, 0.5) is 5.69 Å². The van der Waals surface area contributed by atoms with Crippen LogP contribution >= 0.6 is 35.0 Å². The Morgan fingerprint density at radius 1 is 1.19 bits per heavy atom. The van der Waals surface area contributed by atoms with Crippen LogP contribution in [0.1, 0.15) is 20.8 Å². The predicted octanol–water partition coefficient (Wildman–Crippen LogP) is 6.12. The highest BCUT2D eigenvalue weighted by atomic mass is 35.5. The molecule has 0 aliphatic rings. The number of halogens is 2. The van der Waals surface area contributed by atoms with E-state index in [1.165, 1.54) is 11.8 Å². The fraction of sp³-hybridized carbons (Fsp3) is 0.300. The van der Waals surface area contributed by atoms with Gasteiger partial charge in [0.2, 0.25) is 5.91 Å². The molecule has 3 rings (SSSR count). The molecule has 1 N–H and O–H groups in total. The first kappa shape index (κ1) is 20.1. The minimum atomic E-state index is -0.334. The van der Waals surface area contributed by atoms with E-state index in [2.05, 4.69) is 29.8 Å². The van der Waals surface area contributed by atoms with E-state index in [9.17, 15) is 4.79 Å². The van der Waals surface area contributed by atoms with Gasteiger partial charge < -0.3 is 9.88 Å². The van der Waals surface area contributed by atoms with Gasteiger partial charge in [-0.2, -0.15) is 0 Å². The lowest BCUT2D eigenvalue weighted by molar-refractivity contribution is -0.115. The SMILES string of the molecule is CC(C)Cn1c(SC(C)C(=O)Nc2ccc(Cl)cc2Cl)nc2ccccc21. The number of anilines is 1. The van der Waals surface area contributed by atoms with Crippen molar-refractivity contribution in [2.45, 2.75) is 37.7 Å². The van der Waals surface area contributed by atoms with Crippen LogP contribution in [0.3, 0.4) is 0 Å². The summed E-state index contributed by atoms with van der Waals surface area (Å²) in [6.45, 7) is 7.05. The lowest BCUT2D eigenvalue weighted by Crippen LogP contribution is -2.23. The summed E-state index contributed by atoms with van der Waals surface area (Å²) in [6.07, 6.45) is 0. The highest BCUT2D eigenvalue weighted by molar-refractivity contribution is 8.00. The van der Waals surface area contributed by atoms with Gasteiger partial charge >= 0.3 is 0 Å². The molecule has 4 nitrogen and oxygen atoms in total. The highest BCUT2D eigenvalue weighted by Crippen LogP contribution is 2.30. The van der Waals surface area contributed by atoms with Crippen molar-refractivity contribution >= 4 is 57.6 Å². The van der Waals surface area contributed by atoms with Crippen LogP contribution in [0.2, 0.25) is 10.0 Å². The number of para-hydroxylation sites is 2. The molecular weight excluding hydrogens is 401 g/mol. The average molecular weight is 422 g/mol. The molecule has 1 unspecified atom stereocenters. The van der Waals surface area contributed by atoms with Crippen LogP contribution in [-0.4, -0.2) is 20.7 Å². The van der Waals surface area contributed by atoms with Gasteiger partial charge in [-0.05, 0) is 43.2 Å². The molecule has 0 saturated heterocycles. The minimum Gasteiger partial charge on any atom is -0.324 e. The molecule has 7 heteroatoms. The first-order valence-electron chi connectivity index (χ1n) is 8.73. The summed E-state index contributed by atoms with van der Waals surface area (Å²) in [5, 5.41) is 4.32. The number of fused-ring (bicyclic) bond motifs is 1. The van der Waals surface area contributed by atoms with Gasteiger partial charge in [0.1, 0.15) is 0 Å². The summed E-state index contributed by atoms with van der Waals surface area (Å²) in [4.78, 5) is 17.4. The van der Waals surface area contributed by atoms with Crippen LogP contribution in [0.25, 0.3) is 11.0 Å². The smallest absolute Gasteiger partial charge is 0.237 e. The Kier molecular flexibility index (Phi) is 6.35. The standard InChI is InChI=1S/C20H21Cl2N3OS/c1-12(2)11-25-18-7-5-4-6-17(18)24-20(25)27-13(3)19(26)23-16-9-8-14(21)10-15(16)22/h4-10,12-13H,11H2,1-3H3,(H,23,26). The summed E-state index contributed by atoms with van der Waals surface area (Å²) in [7, 11) is 0. The first-order valence-corrected chi connectivity index (χ1v) is 10.4. The Hall–Kier alpha value is -1.69. The van der Waals surface area contributed by atoms with E-state index in [0.29, 0.717) is 21.7 Å². The Labute approximate surface area is 173 Å². The number of aromatic nitrogens is 2. The topological polar surface area (TPSA) is 46.9 Å². The van der Waals surface area contributed by atoms with Gasteiger partial charge in [0.15, 0.2) is 5.16 Å². The molecule has 1 atom stereocenters. The molecule has 1 aromatic heterocycles. The maximum Gasteiger partial charge on any atom is 0.237 e. The zero-order valence-corrected chi connectivity index (χ0v) is 17.7. The summed E-state index contributed by atoms with van der Waals surface area (Å²) >= 11 is 13.5. The zero-order valence-electron chi connectivity index (χ0n) is 15.4. The van der Waals surface area contributed by atoms with Crippen molar-refractivity contribution in [2.24, 2.45) is 5.92 Å². The molecule has 3 aromatic rings. The number of nitrogens with zero attached hydrogens (tertiary/aromatic N) is 2. The summed E-state index contributed by atoms with van der Waals surface area (Å²) < 4.78 is 2.18. The second kappa shape index (κ2) is 8.55. The quantitative estimate of drug-likeness (QED) is 0.487. The Morgan fingerprint density at radius 2 is 1.93 bits per heavy atom. The monoisotopic (exact) mass is 421 g/mol. The van der Waals surface area contributed by atoms with Crippen molar-refractivity contribution < 1.29 is 4.79 Å². The first-order chi connectivity index (χ1) is 12.8. The fourth-order valence-corrected chi connectivity index (χ4v) is 4.11. The van der Waals surface area contributed by atoms with E-state index in [0.717, 1.165) is 22.7 Å². The molecule has 0 spiro atoms. The van der Waals surface area contributed by atoms with Gasteiger partial charge in [-0.1, -0.05) is 60.9 Å². The van der Waals surface area contributed by atoms with Crippen LogP contribution in [0.15, 0.2) is 47.6 Å².